The van der Waals surface area contributed by atoms with Crippen molar-refractivity contribution in [2.24, 2.45) is 0 Å². The van der Waals surface area contributed by atoms with Crippen LogP contribution < -0.4 is 5.73 Å². The van der Waals surface area contributed by atoms with Crippen LogP contribution >= 0.6 is 11.8 Å². The summed E-state index contributed by atoms with van der Waals surface area (Å²) in [6, 6.07) is 2.21. The Morgan fingerprint density at radius 3 is 2.47 bits per heavy atom. The average molecular weight is 249 g/mol. The first-order chi connectivity index (χ1) is 8.04. The summed E-state index contributed by atoms with van der Waals surface area (Å²) < 4.78 is 2.47. The molecular formula is C13H19N3S. The van der Waals surface area contributed by atoms with Gasteiger partial charge in [0, 0.05) is 17.0 Å². The minimum atomic E-state index is 0.344. The lowest BCUT2D eigenvalue weighted by atomic mass is 9.84. The Hall–Kier alpha value is -1.08. The molecule has 0 radical (unpaired) electrons. The highest BCUT2D eigenvalue weighted by molar-refractivity contribution is 8.00. The van der Waals surface area contributed by atoms with Gasteiger partial charge in [0.1, 0.15) is 11.9 Å². The zero-order chi connectivity index (χ0) is 12.6. The van der Waals surface area contributed by atoms with Gasteiger partial charge in [-0.25, -0.2) is 0 Å². The molecule has 2 rings (SSSR count). The molecule has 1 saturated carbocycles. The maximum atomic E-state index is 9.12. The van der Waals surface area contributed by atoms with Crippen molar-refractivity contribution in [3.63, 3.8) is 0 Å². The fraction of sp³-hybridized carbons (Fsp3) is 0.615. The van der Waals surface area contributed by atoms with E-state index >= 15 is 0 Å². The molecule has 1 aromatic heterocycles. The minimum Gasteiger partial charge on any atom is -0.384 e. The van der Waals surface area contributed by atoms with Gasteiger partial charge < -0.3 is 10.3 Å². The van der Waals surface area contributed by atoms with E-state index in [1.807, 2.05) is 18.7 Å². The third-order valence-electron chi connectivity index (χ3n) is 4.13. The molecule has 4 heteroatoms. The summed E-state index contributed by atoms with van der Waals surface area (Å²) in [4.78, 5) is 0. The SMILES string of the molecule is CSC1(Cn2c(C)c(C)c(C#N)c2N)CCC1. The highest BCUT2D eigenvalue weighted by Crippen LogP contribution is 2.45. The topological polar surface area (TPSA) is 54.7 Å². The zero-order valence-electron chi connectivity index (χ0n) is 10.7. The molecule has 0 aromatic carbocycles. The first-order valence-corrected chi connectivity index (χ1v) is 7.17. The Morgan fingerprint density at radius 2 is 2.12 bits per heavy atom. The molecule has 0 atom stereocenters. The van der Waals surface area contributed by atoms with Crippen molar-refractivity contribution in [3.05, 3.63) is 16.8 Å². The van der Waals surface area contributed by atoms with Gasteiger partial charge in [0.05, 0.1) is 5.56 Å². The number of nitrogens with zero attached hydrogens (tertiary/aromatic N) is 2. The highest BCUT2D eigenvalue weighted by Gasteiger charge is 2.37. The number of nitriles is 1. The molecule has 1 fully saturated rings. The van der Waals surface area contributed by atoms with Gasteiger partial charge in [-0.2, -0.15) is 17.0 Å². The molecule has 0 spiro atoms. The van der Waals surface area contributed by atoms with E-state index in [2.05, 4.69) is 23.8 Å². The lowest BCUT2D eigenvalue weighted by molar-refractivity contribution is 0.321. The molecule has 92 valence electrons. The number of aromatic nitrogens is 1. The van der Waals surface area contributed by atoms with Crippen LogP contribution in [-0.2, 0) is 6.54 Å². The number of nitrogens with two attached hydrogens (primary N) is 1. The summed E-state index contributed by atoms with van der Waals surface area (Å²) in [5.74, 6) is 0.642. The Balaban J connectivity index is 2.37. The van der Waals surface area contributed by atoms with Gasteiger partial charge in [0.2, 0.25) is 0 Å². The Labute approximate surface area is 107 Å². The largest absolute Gasteiger partial charge is 0.384 e. The third kappa shape index (κ3) is 1.83. The van der Waals surface area contributed by atoms with Gasteiger partial charge in [-0.1, -0.05) is 6.42 Å². The van der Waals surface area contributed by atoms with Crippen LogP contribution in [0.15, 0.2) is 0 Å². The van der Waals surface area contributed by atoms with Crippen LogP contribution in [0.3, 0.4) is 0 Å². The Kier molecular flexibility index (Phi) is 3.13. The van der Waals surface area contributed by atoms with Crippen molar-refractivity contribution in [2.45, 2.75) is 44.4 Å². The first kappa shape index (κ1) is 12.4. The van der Waals surface area contributed by atoms with Crippen LogP contribution in [-0.4, -0.2) is 15.6 Å². The van der Waals surface area contributed by atoms with E-state index in [0.29, 0.717) is 16.1 Å². The fourth-order valence-electron chi connectivity index (χ4n) is 2.52. The number of thioether (sulfide) groups is 1. The van der Waals surface area contributed by atoms with Crippen LogP contribution in [0.5, 0.6) is 0 Å². The fourth-order valence-corrected chi connectivity index (χ4v) is 3.48. The van der Waals surface area contributed by atoms with Gasteiger partial charge in [-0.15, -0.1) is 0 Å². The first-order valence-electron chi connectivity index (χ1n) is 5.95. The summed E-state index contributed by atoms with van der Waals surface area (Å²) in [7, 11) is 0. The molecule has 1 aromatic rings. The van der Waals surface area contributed by atoms with Crippen LogP contribution in [0.1, 0.15) is 36.1 Å². The average Bonchev–Trinajstić information content (AvgIpc) is 2.46. The molecule has 2 N–H and O–H groups in total. The van der Waals surface area contributed by atoms with E-state index in [1.165, 1.54) is 19.3 Å². The van der Waals surface area contributed by atoms with Crippen LogP contribution in [0, 0.1) is 25.2 Å². The van der Waals surface area contributed by atoms with E-state index in [9.17, 15) is 0 Å². The predicted molar refractivity (Wildman–Crippen MR) is 73.1 cm³/mol. The van der Waals surface area contributed by atoms with Gasteiger partial charge in [0.25, 0.3) is 0 Å². The molecule has 17 heavy (non-hydrogen) atoms. The minimum absolute atomic E-state index is 0.344. The summed E-state index contributed by atoms with van der Waals surface area (Å²) in [6.07, 6.45) is 6.00. The van der Waals surface area contributed by atoms with E-state index < -0.39 is 0 Å². The van der Waals surface area contributed by atoms with Gasteiger partial charge in [-0.3, -0.25) is 0 Å². The molecule has 1 aliphatic carbocycles. The van der Waals surface area contributed by atoms with Crippen molar-refractivity contribution in [3.8, 4) is 6.07 Å². The van der Waals surface area contributed by atoms with Gasteiger partial charge in [-0.05, 0) is 38.5 Å². The molecule has 0 unspecified atom stereocenters. The second kappa shape index (κ2) is 4.30. The maximum Gasteiger partial charge on any atom is 0.122 e. The van der Waals surface area contributed by atoms with Crippen molar-refractivity contribution < 1.29 is 0 Å². The monoisotopic (exact) mass is 249 g/mol. The predicted octanol–water partition coefficient (Wildman–Crippen LogP) is 2.84. The molecule has 0 saturated heterocycles. The van der Waals surface area contributed by atoms with Crippen molar-refractivity contribution in [1.29, 1.82) is 5.26 Å². The van der Waals surface area contributed by atoms with Crippen molar-refractivity contribution in [1.82, 2.24) is 4.57 Å². The lowest BCUT2D eigenvalue weighted by Crippen LogP contribution is -2.38. The number of rotatable bonds is 3. The van der Waals surface area contributed by atoms with E-state index in [4.69, 9.17) is 11.0 Å². The number of hydrogen-bond donors (Lipinski definition) is 1. The van der Waals surface area contributed by atoms with Crippen LogP contribution in [0.2, 0.25) is 0 Å². The molecule has 1 aliphatic rings. The van der Waals surface area contributed by atoms with Crippen LogP contribution in [0.4, 0.5) is 5.82 Å². The summed E-state index contributed by atoms with van der Waals surface area (Å²) in [5.41, 5.74) is 8.91. The van der Waals surface area contributed by atoms with Crippen molar-refractivity contribution in [2.75, 3.05) is 12.0 Å². The van der Waals surface area contributed by atoms with Gasteiger partial charge in [0.15, 0.2) is 0 Å². The molecule has 0 amide bonds. The Bertz CT molecular complexity index is 472. The van der Waals surface area contributed by atoms with Crippen LogP contribution in [0.25, 0.3) is 0 Å². The highest BCUT2D eigenvalue weighted by atomic mass is 32.2. The number of nitrogen functional groups attached to an aromatic ring is 1. The number of anilines is 1. The lowest BCUT2D eigenvalue weighted by Gasteiger charge is -2.41. The third-order valence-corrected chi connectivity index (χ3v) is 5.53. The standard InChI is InChI=1S/C13H19N3S/c1-9-10(2)16(12(15)11(9)7-14)8-13(17-3)5-4-6-13/h4-6,8,15H2,1-3H3. The van der Waals surface area contributed by atoms with E-state index in [0.717, 1.165) is 17.8 Å². The van der Waals surface area contributed by atoms with E-state index in [-0.39, 0.29) is 0 Å². The summed E-state index contributed by atoms with van der Waals surface area (Å²) >= 11 is 1.93. The van der Waals surface area contributed by atoms with E-state index in [1.54, 1.807) is 0 Å². The molecular weight excluding hydrogens is 230 g/mol. The van der Waals surface area contributed by atoms with Crippen molar-refractivity contribution >= 4 is 17.6 Å². The summed E-state index contributed by atoms with van der Waals surface area (Å²) in [6.45, 7) is 4.97. The Morgan fingerprint density at radius 1 is 1.47 bits per heavy atom. The second-order valence-electron chi connectivity index (χ2n) is 4.91. The summed E-state index contributed by atoms with van der Waals surface area (Å²) in [5, 5.41) is 9.12. The maximum absolute atomic E-state index is 9.12. The molecule has 3 nitrogen and oxygen atoms in total. The molecule has 0 bridgehead atoms. The second-order valence-corrected chi connectivity index (χ2v) is 6.18. The van der Waals surface area contributed by atoms with Gasteiger partial charge >= 0.3 is 0 Å². The molecule has 1 heterocycles. The molecule has 0 aliphatic heterocycles. The normalized spacial score (nSPS) is 17.5. The zero-order valence-corrected chi connectivity index (χ0v) is 11.5. The smallest absolute Gasteiger partial charge is 0.122 e. The number of hydrogen-bond acceptors (Lipinski definition) is 3. The quantitative estimate of drug-likeness (QED) is 0.896.